The standard InChI is InChI=1S/C17H15F2N/c1-11(2)15(10-20)13-5-3-12(4-6-13)14-7-8-16(18)17(19)9-14/h3-9,11,15H,1-2H3. The highest BCUT2D eigenvalue weighted by Gasteiger charge is 2.14. The highest BCUT2D eigenvalue weighted by Crippen LogP contribution is 2.27. The van der Waals surface area contributed by atoms with Gasteiger partial charge in [-0.3, -0.25) is 0 Å². The van der Waals surface area contributed by atoms with Crippen LogP contribution in [0.5, 0.6) is 0 Å². The predicted molar refractivity (Wildman–Crippen MR) is 75.0 cm³/mol. The monoisotopic (exact) mass is 271 g/mol. The van der Waals surface area contributed by atoms with Gasteiger partial charge in [0, 0.05) is 0 Å². The molecular formula is C17H15F2N. The smallest absolute Gasteiger partial charge is 0.159 e. The van der Waals surface area contributed by atoms with E-state index in [2.05, 4.69) is 6.07 Å². The summed E-state index contributed by atoms with van der Waals surface area (Å²) < 4.78 is 26.1. The van der Waals surface area contributed by atoms with E-state index in [-0.39, 0.29) is 11.8 Å². The summed E-state index contributed by atoms with van der Waals surface area (Å²) in [5.74, 6) is -1.64. The Kier molecular flexibility index (Phi) is 4.14. The van der Waals surface area contributed by atoms with Crippen molar-refractivity contribution in [3.8, 4) is 17.2 Å². The highest BCUT2D eigenvalue weighted by molar-refractivity contribution is 5.64. The van der Waals surface area contributed by atoms with Gasteiger partial charge in [-0.05, 0) is 34.7 Å². The zero-order valence-corrected chi connectivity index (χ0v) is 11.4. The van der Waals surface area contributed by atoms with Crippen molar-refractivity contribution in [3.63, 3.8) is 0 Å². The minimum atomic E-state index is -0.858. The number of hydrogen-bond acceptors (Lipinski definition) is 1. The molecule has 1 nitrogen and oxygen atoms in total. The van der Waals surface area contributed by atoms with Gasteiger partial charge in [0.2, 0.25) is 0 Å². The molecule has 0 saturated heterocycles. The van der Waals surface area contributed by atoms with Crippen LogP contribution in [0.1, 0.15) is 25.3 Å². The fourth-order valence-corrected chi connectivity index (χ4v) is 2.17. The molecule has 0 radical (unpaired) electrons. The first-order valence-electron chi connectivity index (χ1n) is 6.48. The Hall–Kier alpha value is -2.21. The first-order valence-corrected chi connectivity index (χ1v) is 6.48. The Bertz CT molecular complexity index is 639. The van der Waals surface area contributed by atoms with Gasteiger partial charge in [-0.1, -0.05) is 44.2 Å². The average Bonchev–Trinajstić information content (AvgIpc) is 2.43. The third-order valence-electron chi connectivity index (χ3n) is 3.33. The zero-order chi connectivity index (χ0) is 14.7. The van der Waals surface area contributed by atoms with E-state index in [1.807, 2.05) is 38.1 Å². The molecule has 1 atom stereocenters. The minimum absolute atomic E-state index is 0.158. The van der Waals surface area contributed by atoms with Crippen molar-refractivity contribution in [2.75, 3.05) is 0 Å². The van der Waals surface area contributed by atoms with Gasteiger partial charge in [-0.2, -0.15) is 5.26 Å². The van der Waals surface area contributed by atoms with Crippen LogP contribution in [0.4, 0.5) is 8.78 Å². The van der Waals surface area contributed by atoms with Crippen molar-refractivity contribution >= 4 is 0 Å². The van der Waals surface area contributed by atoms with Crippen LogP contribution < -0.4 is 0 Å². The SMILES string of the molecule is CC(C)C(C#N)c1ccc(-c2ccc(F)c(F)c2)cc1. The molecule has 0 N–H and O–H groups in total. The van der Waals surface area contributed by atoms with Crippen LogP contribution in [0.2, 0.25) is 0 Å². The summed E-state index contributed by atoms with van der Waals surface area (Å²) in [6.07, 6.45) is 0. The van der Waals surface area contributed by atoms with E-state index in [9.17, 15) is 8.78 Å². The minimum Gasteiger partial charge on any atom is -0.204 e. The fourth-order valence-electron chi connectivity index (χ4n) is 2.17. The molecule has 3 heteroatoms. The van der Waals surface area contributed by atoms with Crippen molar-refractivity contribution in [2.45, 2.75) is 19.8 Å². The van der Waals surface area contributed by atoms with E-state index in [0.717, 1.165) is 17.2 Å². The average molecular weight is 271 g/mol. The second-order valence-electron chi connectivity index (χ2n) is 5.10. The molecule has 0 amide bonds. The predicted octanol–water partition coefficient (Wildman–Crippen LogP) is 4.89. The topological polar surface area (TPSA) is 23.8 Å². The largest absolute Gasteiger partial charge is 0.204 e. The molecule has 0 bridgehead atoms. The number of nitrogens with zero attached hydrogens (tertiary/aromatic N) is 1. The second-order valence-corrected chi connectivity index (χ2v) is 5.10. The fraction of sp³-hybridized carbons (Fsp3) is 0.235. The van der Waals surface area contributed by atoms with E-state index in [1.54, 1.807) is 0 Å². The van der Waals surface area contributed by atoms with Crippen LogP contribution in [0.3, 0.4) is 0 Å². The van der Waals surface area contributed by atoms with Crippen molar-refractivity contribution < 1.29 is 8.78 Å². The molecule has 0 aliphatic carbocycles. The van der Waals surface area contributed by atoms with Gasteiger partial charge in [0.05, 0.1) is 12.0 Å². The molecule has 2 rings (SSSR count). The summed E-state index contributed by atoms with van der Waals surface area (Å²) in [6, 6.07) is 13.5. The summed E-state index contributed by atoms with van der Waals surface area (Å²) in [5, 5.41) is 9.16. The first-order chi connectivity index (χ1) is 9.52. The van der Waals surface area contributed by atoms with Crippen LogP contribution in [-0.4, -0.2) is 0 Å². The van der Waals surface area contributed by atoms with Crippen molar-refractivity contribution in [1.82, 2.24) is 0 Å². The Morgan fingerprint density at radius 1 is 0.900 bits per heavy atom. The number of halogens is 2. The van der Waals surface area contributed by atoms with Crippen LogP contribution in [0.25, 0.3) is 11.1 Å². The number of rotatable bonds is 3. The summed E-state index contributed by atoms with van der Waals surface area (Å²) in [4.78, 5) is 0. The third kappa shape index (κ3) is 2.85. The zero-order valence-electron chi connectivity index (χ0n) is 11.4. The molecule has 20 heavy (non-hydrogen) atoms. The van der Waals surface area contributed by atoms with Gasteiger partial charge in [0.25, 0.3) is 0 Å². The summed E-state index contributed by atoms with van der Waals surface area (Å²) in [5.41, 5.74) is 2.36. The lowest BCUT2D eigenvalue weighted by molar-refractivity contribution is 0.509. The molecule has 102 valence electrons. The molecule has 0 heterocycles. The Labute approximate surface area is 117 Å². The summed E-state index contributed by atoms with van der Waals surface area (Å²) in [7, 11) is 0. The molecule has 0 spiro atoms. The van der Waals surface area contributed by atoms with E-state index < -0.39 is 11.6 Å². The molecule has 1 unspecified atom stereocenters. The lowest BCUT2D eigenvalue weighted by Crippen LogP contribution is -2.03. The number of hydrogen-bond donors (Lipinski definition) is 0. The van der Waals surface area contributed by atoms with E-state index >= 15 is 0 Å². The van der Waals surface area contributed by atoms with Crippen LogP contribution in [0.15, 0.2) is 42.5 Å². The van der Waals surface area contributed by atoms with Gasteiger partial charge in [0.1, 0.15) is 0 Å². The highest BCUT2D eigenvalue weighted by atomic mass is 19.2. The summed E-state index contributed by atoms with van der Waals surface area (Å²) in [6.45, 7) is 3.99. The lowest BCUT2D eigenvalue weighted by Gasteiger charge is -2.13. The lowest BCUT2D eigenvalue weighted by atomic mass is 9.89. The van der Waals surface area contributed by atoms with E-state index in [4.69, 9.17) is 5.26 Å². The van der Waals surface area contributed by atoms with Gasteiger partial charge < -0.3 is 0 Å². The summed E-state index contributed by atoms with van der Waals surface area (Å²) >= 11 is 0. The Balaban J connectivity index is 2.32. The normalized spacial score (nSPS) is 12.2. The van der Waals surface area contributed by atoms with Crippen LogP contribution in [-0.2, 0) is 0 Å². The molecule has 0 aromatic heterocycles. The van der Waals surface area contributed by atoms with Gasteiger partial charge in [-0.25, -0.2) is 8.78 Å². The van der Waals surface area contributed by atoms with Crippen molar-refractivity contribution in [2.24, 2.45) is 5.92 Å². The molecule has 0 fully saturated rings. The maximum absolute atomic E-state index is 13.2. The maximum Gasteiger partial charge on any atom is 0.159 e. The molecule has 2 aromatic rings. The number of benzene rings is 2. The molecular weight excluding hydrogens is 256 g/mol. The van der Waals surface area contributed by atoms with Crippen molar-refractivity contribution in [1.29, 1.82) is 5.26 Å². The van der Waals surface area contributed by atoms with Crippen molar-refractivity contribution in [3.05, 3.63) is 59.7 Å². The Morgan fingerprint density at radius 2 is 1.50 bits per heavy atom. The van der Waals surface area contributed by atoms with Gasteiger partial charge in [0.15, 0.2) is 11.6 Å². The molecule has 0 aliphatic rings. The third-order valence-corrected chi connectivity index (χ3v) is 3.33. The first kappa shape index (κ1) is 14.2. The molecule has 2 aromatic carbocycles. The Morgan fingerprint density at radius 3 is 2.00 bits per heavy atom. The van der Waals surface area contributed by atoms with Gasteiger partial charge >= 0.3 is 0 Å². The van der Waals surface area contributed by atoms with Crippen LogP contribution in [0, 0.1) is 28.9 Å². The quantitative estimate of drug-likeness (QED) is 0.779. The van der Waals surface area contributed by atoms with E-state index in [0.29, 0.717) is 5.56 Å². The molecule has 0 aliphatic heterocycles. The van der Waals surface area contributed by atoms with Crippen LogP contribution >= 0.6 is 0 Å². The molecule has 0 saturated carbocycles. The van der Waals surface area contributed by atoms with Gasteiger partial charge in [-0.15, -0.1) is 0 Å². The maximum atomic E-state index is 13.2. The number of nitriles is 1. The van der Waals surface area contributed by atoms with E-state index in [1.165, 1.54) is 12.1 Å². The second kappa shape index (κ2) is 5.83.